The molecule has 1 aromatic rings. The minimum Gasteiger partial charge on any atom is -0.399 e. The molecule has 5 nitrogen and oxygen atoms in total. The zero-order chi connectivity index (χ0) is 18.1. The summed E-state index contributed by atoms with van der Waals surface area (Å²) in [6, 6.07) is 5.81. The molecule has 1 heterocycles. The van der Waals surface area contributed by atoms with Gasteiger partial charge in [-0.1, -0.05) is 44.9 Å². The molecule has 0 radical (unpaired) electrons. The summed E-state index contributed by atoms with van der Waals surface area (Å²) in [5.74, 6) is -0.267. The van der Waals surface area contributed by atoms with Crippen LogP contribution in [0.3, 0.4) is 0 Å². The van der Waals surface area contributed by atoms with Crippen LogP contribution in [0.2, 0.25) is 0 Å². The van der Waals surface area contributed by atoms with Gasteiger partial charge in [0, 0.05) is 23.7 Å². The van der Waals surface area contributed by atoms with Crippen LogP contribution in [0.25, 0.3) is 0 Å². The lowest BCUT2D eigenvalue weighted by molar-refractivity contribution is -0.125. The molecule has 1 fully saturated rings. The van der Waals surface area contributed by atoms with Gasteiger partial charge in [0.25, 0.3) is 0 Å². The maximum Gasteiger partial charge on any atom is 0.230 e. The van der Waals surface area contributed by atoms with Crippen LogP contribution in [-0.2, 0) is 16.0 Å². The van der Waals surface area contributed by atoms with E-state index >= 15 is 0 Å². The van der Waals surface area contributed by atoms with Crippen LogP contribution < -0.4 is 16.8 Å². The molecule has 0 saturated carbocycles. The molecule has 0 aromatic heterocycles. The SMILES string of the molecule is Nc1cc(N)cc(CCCCCCCCCCC2CC(=O)NC2=O)c1. The van der Waals surface area contributed by atoms with E-state index in [-0.39, 0.29) is 17.7 Å². The number of anilines is 2. The number of carbonyl (C=O) groups excluding carboxylic acids is 2. The first-order valence-corrected chi connectivity index (χ1v) is 9.53. The molecule has 5 heteroatoms. The fourth-order valence-electron chi connectivity index (χ4n) is 3.51. The van der Waals surface area contributed by atoms with Crippen molar-refractivity contribution in [3.8, 4) is 0 Å². The Morgan fingerprint density at radius 1 is 0.840 bits per heavy atom. The van der Waals surface area contributed by atoms with Gasteiger partial charge in [0.2, 0.25) is 11.8 Å². The Bertz CT molecular complexity index is 566. The summed E-state index contributed by atoms with van der Waals surface area (Å²) in [7, 11) is 0. The van der Waals surface area contributed by atoms with Crippen molar-refractivity contribution in [2.45, 2.75) is 70.6 Å². The van der Waals surface area contributed by atoms with Crippen LogP contribution in [0, 0.1) is 5.92 Å². The molecule has 138 valence electrons. The topological polar surface area (TPSA) is 98.2 Å². The number of nitrogens with one attached hydrogen (secondary N) is 1. The number of hydrogen-bond acceptors (Lipinski definition) is 4. The number of unbranched alkanes of at least 4 members (excludes halogenated alkanes) is 7. The summed E-state index contributed by atoms with van der Waals surface area (Å²) in [5, 5.41) is 2.37. The van der Waals surface area contributed by atoms with Crippen molar-refractivity contribution in [1.82, 2.24) is 5.32 Å². The third kappa shape index (κ3) is 7.16. The van der Waals surface area contributed by atoms with Crippen molar-refractivity contribution in [3.05, 3.63) is 23.8 Å². The lowest BCUT2D eigenvalue weighted by Gasteiger charge is -2.06. The number of nitrogen functional groups attached to an aromatic ring is 2. The van der Waals surface area contributed by atoms with Crippen molar-refractivity contribution in [3.63, 3.8) is 0 Å². The number of aryl methyl sites for hydroxylation is 1. The van der Waals surface area contributed by atoms with Crippen molar-refractivity contribution in [2.75, 3.05) is 11.5 Å². The van der Waals surface area contributed by atoms with Crippen molar-refractivity contribution in [1.29, 1.82) is 0 Å². The summed E-state index contributed by atoms with van der Waals surface area (Å²) >= 11 is 0. The van der Waals surface area contributed by atoms with Gasteiger partial charge in [0.1, 0.15) is 0 Å². The third-order valence-electron chi connectivity index (χ3n) is 4.87. The maximum absolute atomic E-state index is 11.4. The molecule has 0 bridgehead atoms. The van der Waals surface area contributed by atoms with E-state index in [4.69, 9.17) is 11.5 Å². The smallest absolute Gasteiger partial charge is 0.230 e. The van der Waals surface area contributed by atoms with Gasteiger partial charge in [0.05, 0.1) is 0 Å². The van der Waals surface area contributed by atoms with E-state index in [9.17, 15) is 9.59 Å². The monoisotopic (exact) mass is 345 g/mol. The molecular weight excluding hydrogens is 314 g/mol. The van der Waals surface area contributed by atoms with E-state index in [1.807, 2.05) is 12.1 Å². The van der Waals surface area contributed by atoms with E-state index < -0.39 is 0 Å². The standard InChI is InChI=1S/C20H31N3O2/c21-17-11-15(12-18(22)14-17)9-7-5-3-1-2-4-6-8-10-16-13-19(24)23-20(16)25/h11-12,14,16H,1-10,13,21-22H2,(H,23,24,25). The molecule has 1 saturated heterocycles. The average molecular weight is 345 g/mol. The number of hydrogen-bond donors (Lipinski definition) is 3. The van der Waals surface area contributed by atoms with Gasteiger partial charge < -0.3 is 11.5 Å². The minimum atomic E-state index is -0.115. The first-order valence-electron chi connectivity index (χ1n) is 9.53. The Kier molecular flexibility index (Phi) is 7.76. The molecule has 25 heavy (non-hydrogen) atoms. The Morgan fingerprint density at radius 2 is 1.40 bits per heavy atom. The van der Waals surface area contributed by atoms with Gasteiger partial charge >= 0.3 is 0 Å². The molecule has 0 spiro atoms. The second-order valence-electron chi connectivity index (χ2n) is 7.19. The second-order valence-corrected chi connectivity index (χ2v) is 7.19. The largest absolute Gasteiger partial charge is 0.399 e. The van der Waals surface area contributed by atoms with Gasteiger partial charge in [0.15, 0.2) is 0 Å². The normalized spacial score (nSPS) is 17.0. The van der Waals surface area contributed by atoms with E-state index in [1.54, 1.807) is 6.07 Å². The fourth-order valence-corrected chi connectivity index (χ4v) is 3.51. The molecule has 2 rings (SSSR count). The van der Waals surface area contributed by atoms with Crippen LogP contribution in [0.1, 0.15) is 69.8 Å². The number of imide groups is 1. The molecule has 1 aliphatic heterocycles. The third-order valence-corrected chi connectivity index (χ3v) is 4.87. The summed E-state index contributed by atoms with van der Waals surface area (Å²) < 4.78 is 0. The highest BCUT2D eigenvalue weighted by atomic mass is 16.2. The van der Waals surface area contributed by atoms with Crippen molar-refractivity contribution < 1.29 is 9.59 Å². The molecule has 2 amide bonds. The lowest BCUT2D eigenvalue weighted by Crippen LogP contribution is -2.21. The quantitative estimate of drug-likeness (QED) is 0.324. The average Bonchev–Trinajstić information content (AvgIpc) is 2.86. The number of carbonyl (C=O) groups is 2. The van der Waals surface area contributed by atoms with Gasteiger partial charge in [-0.15, -0.1) is 0 Å². The number of rotatable bonds is 11. The van der Waals surface area contributed by atoms with Gasteiger partial charge in [-0.25, -0.2) is 0 Å². The molecule has 0 aliphatic carbocycles. The van der Waals surface area contributed by atoms with E-state index in [2.05, 4.69) is 5.32 Å². The van der Waals surface area contributed by atoms with Crippen LogP contribution in [0.15, 0.2) is 18.2 Å². The Balaban J connectivity index is 1.42. The predicted molar refractivity (Wildman–Crippen MR) is 102 cm³/mol. The van der Waals surface area contributed by atoms with E-state index in [0.717, 1.165) is 37.1 Å². The highest BCUT2D eigenvalue weighted by molar-refractivity contribution is 6.03. The van der Waals surface area contributed by atoms with E-state index in [0.29, 0.717) is 6.42 Å². The first kappa shape index (κ1) is 19.3. The van der Waals surface area contributed by atoms with Gasteiger partial charge in [-0.3, -0.25) is 14.9 Å². The molecule has 1 aliphatic rings. The van der Waals surface area contributed by atoms with Gasteiger partial charge in [-0.05, 0) is 43.0 Å². The number of benzene rings is 1. The highest BCUT2D eigenvalue weighted by Crippen LogP contribution is 2.20. The molecule has 1 aromatic carbocycles. The summed E-state index contributed by atoms with van der Waals surface area (Å²) in [6.07, 6.45) is 11.9. The number of nitrogens with two attached hydrogens (primary N) is 2. The Morgan fingerprint density at radius 3 is 1.96 bits per heavy atom. The molecule has 1 unspecified atom stereocenters. The Hall–Kier alpha value is -2.04. The lowest BCUT2D eigenvalue weighted by atomic mass is 9.98. The van der Waals surface area contributed by atoms with Crippen LogP contribution in [0.5, 0.6) is 0 Å². The molecule has 5 N–H and O–H groups in total. The van der Waals surface area contributed by atoms with Gasteiger partial charge in [-0.2, -0.15) is 0 Å². The van der Waals surface area contributed by atoms with Crippen LogP contribution in [0.4, 0.5) is 11.4 Å². The fraction of sp³-hybridized carbons (Fsp3) is 0.600. The van der Waals surface area contributed by atoms with Crippen molar-refractivity contribution >= 4 is 23.2 Å². The zero-order valence-corrected chi connectivity index (χ0v) is 15.1. The van der Waals surface area contributed by atoms with Crippen molar-refractivity contribution in [2.24, 2.45) is 5.92 Å². The zero-order valence-electron chi connectivity index (χ0n) is 15.1. The summed E-state index contributed by atoms with van der Waals surface area (Å²) in [5.41, 5.74) is 14.3. The first-order chi connectivity index (χ1) is 12.0. The number of amides is 2. The predicted octanol–water partition coefficient (Wildman–Crippen LogP) is 3.57. The Labute approximate surface area is 150 Å². The van der Waals surface area contributed by atoms with E-state index in [1.165, 1.54) is 44.1 Å². The van der Waals surface area contributed by atoms with Crippen LogP contribution >= 0.6 is 0 Å². The summed E-state index contributed by atoms with van der Waals surface area (Å²) in [6.45, 7) is 0. The minimum absolute atomic E-state index is 0.0754. The molecular formula is C20H31N3O2. The van der Waals surface area contributed by atoms with Crippen LogP contribution in [-0.4, -0.2) is 11.8 Å². The molecule has 1 atom stereocenters. The highest BCUT2D eigenvalue weighted by Gasteiger charge is 2.29. The maximum atomic E-state index is 11.4. The second kappa shape index (κ2) is 10.1. The summed E-state index contributed by atoms with van der Waals surface area (Å²) in [4.78, 5) is 22.5.